The van der Waals surface area contributed by atoms with Gasteiger partial charge in [0.15, 0.2) is 5.84 Å². The van der Waals surface area contributed by atoms with Crippen LogP contribution < -0.4 is 11.1 Å². The third kappa shape index (κ3) is 2.45. The molecule has 0 bridgehead atoms. The monoisotopic (exact) mass is 243 g/mol. The lowest BCUT2D eigenvalue weighted by atomic mass is 9.97. The summed E-state index contributed by atoms with van der Waals surface area (Å²) in [7, 11) is 0. The number of hydrogen-bond acceptors (Lipinski definition) is 6. The molecule has 0 aliphatic heterocycles. The van der Waals surface area contributed by atoms with Crippen LogP contribution in [-0.4, -0.2) is 32.1 Å². The maximum atomic E-state index is 11.7. The Morgan fingerprint density at radius 3 is 2.94 bits per heavy atom. The average molecular weight is 243 g/mol. The van der Waals surface area contributed by atoms with E-state index in [0.29, 0.717) is 11.3 Å². The van der Waals surface area contributed by atoms with E-state index in [-0.39, 0.29) is 11.7 Å². The van der Waals surface area contributed by atoms with Crippen LogP contribution in [0.15, 0.2) is 11.4 Å². The first-order valence-corrected chi connectivity index (χ1v) is 5.38. The molecule has 0 aromatic carbocycles. The van der Waals surface area contributed by atoms with Crippen LogP contribution in [0.5, 0.6) is 0 Å². The maximum Gasteiger partial charge on any atom is 0.265 e. The van der Waals surface area contributed by atoms with Crippen molar-refractivity contribution in [3.8, 4) is 0 Å². The first-order valence-electron chi connectivity index (χ1n) is 4.61. The van der Waals surface area contributed by atoms with Gasteiger partial charge in [-0.05, 0) is 24.9 Å². The zero-order chi connectivity index (χ0) is 12.2. The van der Waals surface area contributed by atoms with E-state index in [1.54, 1.807) is 6.92 Å². The van der Waals surface area contributed by atoms with Crippen molar-refractivity contribution in [2.75, 3.05) is 0 Å². The molecule has 7 nitrogen and oxygen atoms in total. The molecule has 1 aromatic rings. The van der Waals surface area contributed by atoms with E-state index in [4.69, 9.17) is 10.9 Å². The van der Waals surface area contributed by atoms with E-state index in [9.17, 15) is 4.79 Å². The smallest absolute Gasteiger partial charge is 0.265 e. The highest BCUT2D eigenvalue weighted by atomic mass is 32.1. The number of nitrogens with zero attached hydrogens (tertiary/aromatic N) is 3. The fraction of sp³-hybridized carbons (Fsp3) is 0.500. The van der Waals surface area contributed by atoms with Crippen LogP contribution in [0.4, 0.5) is 0 Å². The fourth-order valence-corrected chi connectivity index (χ4v) is 1.43. The van der Waals surface area contributed by atoms with Crippen LogP contribution in [0.2, 0.25) is 0 Å². The Labute approximate surface area is 96.5 Å². The number of nitrogens with two attached hydrogens (primary N) is 1. The molecular formula is C8H13N5O2S. The van der Waals surface area contributed by atoms with Gasteiger partial charge in [0.25, 0.3) is 5.91 Å². The van der Waals surface area contributed by atoms with E-state index in [0.717, 1.165) is 11.5 Å². The molecule has 1 unspecified atom stereocenters. The van der Waals surface area contributed by atoms with E-state index in [1.165, 1.54) is 6.20 Å². The van der Waals surface area contributed by atoms with Gasteiger partial charge in [0.2, 0.25) is 0 Å². The quantitative estimate of drug-likeness (QED) is 0.302. The topological polar surface area (TPSA) is 113 Å². The summed E-state index contributed by atoms with van der Waals surface area (Å²) in [6.07, 6.45) is 1.86. The number of amidine groups is 1. The average Bonchev–Trinajstić information content (AvgIpc) is 2.81. The Bertz CT molecular complexity index is 391. The largest absolute Gasteiger partial charge is 0.409 e. The molecule has 8 heteroatoms. The van der Waals surface area contributed by atoms with Crippen molar-refractivity contribution in [2.45, 2.75) is 25.8 Å². The molecule has 88 valence electrons. The third-order valence-electron chi connectivity index (χ3n) is 2.35. The summed E-state index contributed by atoms with van der Waals surface area (Å²) in [4.78, 5) is 12.1. The van der Waals surface area contributed by atoms with Crippen molar-refractivity contribution in [3.63, 3.8) is 0 Å². The molecule has 0 radical (unpaired) electrons. The summed E-state index contributed by atoms with van der Waals surface area (Å²) in [6.45, 7) is 3.50. The van der Waals surface area contributed by atoms with Crippen LogP contribution in [-0.2, 0) is 0 Å². The Hall–Kier alpha value is -1.70. The molecule has 0 saturated carbocycles. The Kier molecular flexibility index (Phi) is 3.78. The summed E-state index contributed by atoms with van der Waals surface area (Å²) >= 11 is 0.985. The molecule has 1 atom stereocenters. The van der Waals surface area contributed by atoms with Crippen LogP contribution in [0, 0.1) is 0 Å². The van der Waals surface area contributed by atoms with Crippen molar-refractivity contribution in [2.24, 2.45) is 10.9 Å². The minimum atomic E-state index is -0.879. The molecule has 1 heterocycles. The van der Waals surface area contributed by atoms with Gasteiger partial charge in [-0.25, -0.2) is 0 Å². The molecule has 1 aromatic heterocycles. The van der Waals surface area contributed by atoms with Gasteiger partial charge in [0.05, 0.1) is 11.7 Å². The summed E-state index contributed by atoms with van der Waals surface area (Å²) < 4.78 is 3.58. The lowest BCUT2D eigenvalue weighted by Gasteiger charge is -2.27. The van der Waals surface area contributed by atoms with E-state index in [1.807, 2.05) is 6.92 Å². The first kappa shape index (κ1) is 12.4. The molecule has 1 rings (SSSR count). The molecular weight excluding hydrogens is 230 g/mol. The van der Waals surface area contributed by atoms with Gasteiger partial charge in [0.1, 0.15) is 4.88 Å². The van der Waals surface area contributed by atoms with Gasteiger partial charge in [-0.1, -0.05) is 16.6 Å². The number of amides is 1. The second-order valence-corrected chi connectivity index (χ2v) is 4.19. The molecule has 1 amide bonds. The van der Waals surface area contributed by atoms with Crippen LogP contribution in [0.25, 0.3) is 0 Å². The van der Waals surface area contributed by atoms with Crippen molar-refractivity contribution >= 4 is 23.3 Å². The van der Waals surface area contributed by atoms with Gasteiger partial charge in [0, 0.05) is 0 Å². The Morgan fingerprint density at radius 1 is 1.81 bits per heavy atom. The van der Waals surface area contributed by atoms with Gasteiger partial charge in [-0.2, -0.15) is 0 Å². The number of oxime groups is 1. The summed E-state index contributed by atoms with van der Waals surface area (Å²) in [5, 5.41) is 17.8. The number of carbonyl (C=O) groups excluding carboxylic acids is 1. The lowest BCUT2D eigenvalue weighted by molar-refractivity contribution is 0.0929. The summed E-state index contributed by atoms with van der Waals surface area (Å²) in [5.74, 6) is -0.383. The molecule has 0 aliphatic rings. The predicted octanol–water partition coefficient (Wildman–Crippen LogP) is 0.183. The fourth-order valence-electron chi connectivity index (χ4n) is 1.02. The Balaban J connectivity index is 2.82. The molecule has 0 fully saturated rings. The highest BCUT2D eigenvalue weighted by Gasteiger charge is 2.30. The summed E-state index contributed by atoms with van der Waals surface area (Å²) in [5.41, 5.74) is 4.64. The number of carbonyl (C=O) groups is 1. The van der Waals surface area contributed by atoms with Gasteiger partial charge < -0.3 is 16.3 Å². The molecule has 0 saturated heterocycles. The molecule has 16 heavy (non-hydrogen) atoms. The maximum absolute atomic E-state index is 11.7. The first-order chi connectivity index (χ1) is 7.53. The van der Waals surface area contributed by atoms with E-state index < -0.39 is 5.54 Å². The zero-order valence-corrected chi connectivity index (χ0v) is 9.78. The lowest BCUT2D eigenvalue weighted by Crippen LogP contribution is -2.54. The van der Waals surface area contributed by atoms with E-state index in [2.05, 4.69) is 20.1 Å². The number of aromatic nitrogens is 2. The van der Waals surface area contributed by atoms with Crippen molar-refractivity contribution < 1.29 is 10.0 Å². The van der Waals surface area contributed by atoms with Gasteiger partial charge in [-0.3, -0.25) is 4.79 Å². The molecule has 0 spiro atoms. The van der Waals surface area contributed by atoms with Crippen LogP contribution in [0.3, 0.4) is 0 Å². The van der Waals surface area contributed by atoms with Crippen molar-refractivity contribution in [1.29, 1.82) is 0 Å². The second kappa shape index (κ2) is 4.88. The van der Waals surface area contributed by atoms with Crippen molar-refractivity contribution in [1.82, 2.24) is 14.9 Å². The van der Waals surface area contributed by atoms with Crippen molar-refractivity contribution in [3.05, 3.63) is 11.1 Å². The highest BCUT2D eigenvalue weighted by Crippen LogP contribution is 2.12. The number of hydrogen-bond donors (Lipinski definition) is 3. The van der Waals surface area contributed by atoms with Crippen LogP contribution >= 0.6 is 11.5 Å². The highest BCUT2D eigenvalue weighted by molar-refractivity contribution is 7.07. The second-order valence-electron chi connectivity index (χ2n) is 3.41. The zero-order valence-electron chi connectivity index (χ0n) is 8.97. The minimum Gasteiger partial charge on any atom is -0.409 e. The number of rotatable bonds is 4. The Morgan fingerprint density at radius 2 is 2.50 bits per heavy atom. The normalized spacial score (nSPS) is 15.5. The third-order valence-corrected chi connectivity index (χ3v) is 3.02. The SMILES string of the molecule is CCC(C)(NC(=O)c1cnns1)C(N)=NO. The minimum absolute atomic E-state index is 0.0409. The van der Waals surface area contributed by atoms with Crippen LogP contribution in [0.1, 0.15) is 29.9 Å². The van der Waals surface area contributed by atoms with Gasteiger partial charge in [-0.15, -0.1) is 5.10 Å². The number of nitrogens with one attached hydrogen (secondary N) is 1. The van der Waals surface area contributed by atoms with E-state index >= 15 is 0 Å². The summed E-state index contributed by atoms with van der Waals surface area (Å²) in [6, 6.07) is 0. The molecule has 0 aliphatic carbocycles. The predicted molar refractivity (Wildman–Crippen MR) is 59.5 cm³/mol. The van der Waals surface area contributed by atoms with Gasteiger partial charge >= 0.3 is 0 Å². The molecule has 4 N–H and O–H groups in total. The standard InChI is InChI=1S/C8H13N5O2S/c1-3-8(2,7(9)12-15)11-6(14)5-4-10-13-16-5/h4,15H,3H2,1-2H3,(H2,9,12)(H,11,14).